The average molecular weight is 337 g/mol. The van der Waals surface area contributed by atoms with E-state index in [1.165, 1.54) is 22.6 Å². The van der Waals surface area contributed by atoms with E-state index in [0.717, 1.165) is 12.0 Å². The summed E-state index contributed by atoms with van der Waals surface area (Å²) in [5.41, 5.74) is 2.67. The first-order valence-electron chi connectivity index (χ1n) is 7.92. The van der Waals surface area contributed by atoms with Gasteiger partial charge in [0.15, 0.2) is 0 Å². The maximum absolute atomic E-state index is 13.5. The Kier molecular flexibility index (Phi) is 3.90. The SMILES string of the molecule is O=C(c1cccc(F)c1)N1CCc2sccc2[C@@H]1c1ccccc1. The van der Waals surface area contributed by atoms with E-state index >= 15 is 0 Å². The van der Waals surface area contributed by atoms with Crippen LogP contribution in [0.5, 0.6) is 0 Å². The number of benzene rings is 2. The minimum atomic E-state index is -0.384. The molecule has 0 unspecified atom stereocenters. The number of halogens is 1. The molecule has 0 spiro atoms. The first-order valence-corrected chi connectivity index (χ1v) is 8.80. The van der Waals surface area contributed by atoms with Gasteiger partial charge in [0.25, 0.3) is 5.91 Å². The third-order valence-corrected chi connectivity index (χ3v) is 5.41. The molecule has 0 fully saturated rings. The Bertz CT molecular complexity index is 874. The van der Waals surface area contributed by atoms with Gasteiger partial charge >= 0.3 is 0 Å². The Morgan fingerprint density at radius 2 is 1.92 bits per heavy atom. The molecule has 4 rings (SSSR count). The average Bonchev–Trinajstić information content (AvgIpc) is 3.09. The number of carbonyl (C=O) groups excluding carboxylic acids is 1. The molecule has 0 bridgehead atoms. The molecular weight excluding hydrogens is 321 g/mol. The number of rotatable bonds is 2. The van der Waals surface area contributed by atoms with Gasteiger partial charge in [0, 0.05) is 17.0 Å². The van der Waals surface area contributed by atoms with E-state index in [4.69, 9.17) is 0 Å². The van der Waals surface area contributed by atoms with Crippen molar-refractivity contribution in [3.05, 3.63) is 93.4 Å². The highest BCUT2D eigenvalue weighted by Crippen LogP contribution is 2.38. The topological polar surface area (TPSA) is 20.3 Å². The standard InChI is InChI=1S/C20H16FNOS/c21-16-8-4-7-15(13-16)20(23)22-11-9-18-17(10-12-24-18)19(22)14-5-2-1-3-6-14/h1-8,10,12-13,19H,9,11H2/t19-/m0/s1. The van der Waals surface area contributed by atoms with Crippen LogP contribution in [0.4, 0.5) is 4.39 Å². The van der Waals surface area contributed by atoms with E-state index < -0.39 is 0 Å². The summed E-state index contributed by atoms with van der Waals surface area (Å²) in [5, 5.41) is 2.08. The fourth-order valence-electron chi connectivity index (χ4n) is 3.32. The lowest BCUT2D eigenvalue weighted by Crippen LogP contribution is -2.40. The third-order valence-electron chi connectivity index (χ3n) is 4.41. The van der Waals surface area contributed by atoms with Gasteiger partial charge in [-0.25, -0.2) is 4.39 Å². The van der Waals surface area contributed by atoms with Crippen LogP contribution >= 0.6 is 11.3 Å². The van der Waals surface area contributed by atoms with Crippen LogP contribution in [-0.2, 0) is 6.42 Å². The zero-order chi connectivity index (χ0) is 16.5. The van der Waals surface area contributed by atoms with Crippen LogP contribution in [-0.4, -0.2) is 17.4 Å². The molecule has 0 saturated heterocycles. The zero-order valence-electron chi connectivity index (χ0n) is 13.0. The fourth-order valence-corrected chi connectivity index (χ4v) is 4.22. The molecule has 4 heteroatoms. The molecule has 0 radical (unpaired) electrons. The van der Waals surface area contributed by atoms with Gasteiger partial charge in [-0.05, 0) is 47.2 Å². The van der Waals surface area contributed by atoms with E-state index in [2.05, 4.69) is 11.4 Å². The Morgan fingerprint density at radius 1 is 1.08 bits per heavy atom. The number of nitrogens with zero attached hydrogens (tertiary/aromatic N) is 1. The van der Waals surface area contributed by atoms with Gasteiger partial charge in [-0.2, -0.15) is 0 Å². The van der Waals surface area contributed by atoms with Crippen molar-refractivity contribution in [1.29, 1.82) is 0 Å². The van der Waals surface area contributed by atoms with Gasteiger partial charge in [0.05, 0.1) is 6.04 Å². The maximum Gasteiger partial charge on any atom is 0.254 e. The summed E-state index contributed by atoms with van der Waals surface area (Å²) in [6.45, 7) is 0.641. The monoisotopic (exact) mass is 337 g/mol. The van der Waals surface area contributed by atoms with Crippen LogP contribution in [0.15, 0.2) is 66.0 Å². The van der Waals surface area contributed by atoms with Crippen molar-refractivity contribution in [2.45, 2.75) is 12.5 Å². The van der Waals surface area contributed by atoms with Crippen molar-refractivity contribution < 1.29 is 9.18 Å². The van der Waals surface area contributed by atoms with Crippen LogP contribution in [0.2, 0.25) is 0 Å². The Labute approximate surface area is 144 Å². The second-order valence-corrected chi connectivity index (χ2v) is 6.87. The molecule has 1 amide bonds. The van der Waals surface area contributed by atoms with Gasteiger partial charge in [-0.3, -0.25) is 4.79 Å². The van der Waals surface area contributed by atoms with Gasteiger partial charge < -0.3 is 4.90 Å². The fraction of sp³-hybridized carbons (Fsp3) is 0.150. The molecule has 0 saturated carbocycles. The molecule has 2 aromatic carbocycles. The minimum Gasteiger partial charge on any atom is -0.327 e. The number of fused-ring (bicyclic) bond motifs is 1. The highest BCUT2D eigenvalue weighted by Gasteiger charge is 2.33. The van der Waals surface area contributed by atoms with Crippen molar-refractivity contribution in [3.63, 3.8) is 0 Å². The van der Waals surface area contributed by atoms with Crippen LogP contribution in [0.1, 0.15) is 32.4 Å². The van der Waals surface area contributed by atoms with Crippen molar-refractivity contribution in [1.82, 2.24) is 4.90 Å². The van der Waals surface area contributed by atoms with Crippen molar-refractivity contribution in [2.24, 2.45) is 0 Å². The number of hydrogen-bond acceptors (Lipinski definition) is 2. The number of hydrogen-bond donors (Lipinski definition) is 0. The normalized spacial score (nSPS) is 16.7. The zero-order valence-corrected chi connectivity index (χ0v) is 13.8. The van der Waals surface area contributed by atoms with Crippen molar-refractivity contribution in [3.8, 4) is 0 Å². The largest absolute Gasteiger partial charge is 0.327 e. The Hall–Kier alpha value is -2.46. The quantitative estimate of drug-likeness (QED) is 0.665. The lowest BCUT2D eigenvalue weighted by molar-refractivity contribution is 0.0695. The third kappa shape index (κ3) is 2.63. The predicted molar refractivity (Wildman–Crippen MR) is 93.7 cm³/mol. The van der Waals surface area contributed by atoms with Crippen molar-refractivity contribution in [2.75, 3.05) is 6.54 Å². The predicted octanol–water partition coefficient (Wildman–Crippen LogP) is 4.68. The molecule has 1 aliphatic rings. The smallest absolute Gasteiger partial charge is 0.254 e. The van der Waals surface area contributed by atoms with Crippen LogP contribution < -0.4 is 0 Å². The molecular formula is C20H16FNOS. The van der Waals surface area contributed by atoms with Gasteiger partial charge in [-0.1, -0.05) is 36.4 Å². The Balaban J connectivity index is 1.78. The van der Waals surface area contributed by atoms with Gasteiger partial charge in [0.2, 0.25) is 0 Å². The Morgan fingerprint density at radius 3 is 2.71 bits per heavy atom. The molecule has 0 aliphatic carbocycles. The summed E-state index contributed by atoms with van der Waals surface area (Å²) < 4.78 is 13.5. The molecule has 24 heavy (non-hydrogen) atoms. The van der Waals surface area contributed by atoms with E-state index in [0.29, 0.717) is 12.1 Å². The lowest BCUT2D eigenvalue weighted by atomic mass is 9.92. The van der Waals surface area contributed by atoms with E-state index in [9.17, 15) is 9.18 Å². The van der Waals surface area contributed by atoms with Gasteiger partial charge in [0.1, 0.15) is 5.82 Å². The summed E-state index contributed by atoms with van der Waals surface area (Å²) in [6.07, 6.45) is 0.845. The van der Waals surface area contributed by atoms with Crippen LogP contribution in [0, 0.1) is 5.82 Å². The molecule has 1 aliphatic heterocycles. The lowest BCUT2D eigenvalue weighted by Gasteiger charge is -2.36. The first kappa shape index (κ1) is 15.1. The molecule has 2 heterocycles. The molecule has 2 nitrogen and oxygen atoms in total. The highest BCUT2D eigenvalue weighted by atomic mass is 32.1. The second-order valence-electron chi connectivity index (χ2n) is 5.87. The first-order chi connectivity index (χ1) is 11.7. The number of amides is 1. The molecule has 1 atom stereocenters. The molecule has 0 N–H and O–H groups in total. The number of carbonyl (C=O) groups is 1. The molecule has 1 aromatic heterocycles. The summed E-state index contributed by atoms with van der Waals surface area (Å²) in [6, 6.07) is 18.0. The number of thiophene rings is 1. The highest BCUT2D eigenvalue weighted by molar-refractivity contribution is 7.10. The van der Waals surface area contributed by atoms with E-state index in [1.807, 2.05) is 35.2 Å². The van der Waals surface area contributed by atoms with Gasteiger partial charge in [-0.15, -0.1) is 11.3 Å². The summed E-state index contributed by atoms with van der Waals surface area (Å²) >= 11 is 1.74. The molecule has 120 valence electrons. The maximum atomic E-state index is 13.5. The summed E-state index contributed by atoms with van der Waals surface area (Å²) in [5.74, 6) is -0.509. The summed E-state index contributed by atoms with van der Waals surface area (Å²) in [4.78, 5) is 16.2. The van der Waals surface area contributed by atoms with E-state index in [-0.39, 0.29) is 17.8 Å². The summed E-state index contributed by atoms with van der Waals surface area (Å²) in [7, 11) is 0. The van der Waals surface area contributed by atoms with Crippen molar-refractivity contribution >= 4 is 17.2 Å². The van der Waals surface area contributed by atoms with Crippen LogP contribution in [0.25, 0.3) is 0 Å². The van der Waals surface area contributed by atoms with E-state index in [1.54, 1.807) is 23.5 Å². The molecule has 3 aromatic rings. The minimum absolute atomic E-state index is 0.114. The van der Waals surface area contributed by atoms with Crippen LogP contribution in [0.3, 0.4) is 0 Å². The second kappa shape index (κ2) is 6.21.